The zero-order valence-corrected chi connectivity index (χ0v) is 17.6. The number of nitrogens with one attached hydrogen (secondary N) is 2. The number of aromatic amines is 1. The molecule has 154 valence electrons. The molecule has 1 aliphatic heterocycles. The molecule has 4 aromatic rings. The van der Waals surface area contributed by atoms with Gasteiger partial charge in [0.05, 0.1) is 22.7 Å². The number of aliphatic hydroxyl groups excluding tert-OH is 1. The van der Waals surface area contributed by atoms with Gasteiger partial charge in [-0.3, -0.25) is 0 Å². The van der Waals surface area contributed by atoms with Gasteiger partial charge in [-0.15, -0.1) is 10.2 Å². The largest absolute Gasteiger partial charge is 0.393 e. The van der Waals surface area contributed by atoms with Crippen LogP contribution in [-0.4, -0.2) is 56.5 Å². The second kappa shape index (κ2) is 6.76. The number of hydrogen-bond donors (Lipinski definition) is 3. The zero-order chi connectivity index (χ0) is 20.4. The molecule has 2 fully saturated rings. The van der Waals surface area contributed by atoms with Crippen LogP contribution < -0.4 is 10.2 Å². The Balaban J connectivity index is 1.56. The Bertz CT molecular complexity index is 1260. The molecule has 6 rings (SSSR count). The lowest BCUT2D eigenvalue weighted by Crippen LogP contribution is -2.39. The molecule has 30 heavy (non-hydrogen) atoms. The van der Waals surface area contributed by atoms with Crippen molar-refractivity contribution in [2.24, 2.45) is 11.8 Å². The topological polar surface area (TPSA) is 103 Å². The quantitative estimate of drug-likeness (QED) is 0.414. The summed E-state index contributed by atoms with van der Waals surface area (Å²) in [5.41, 5.74) is 3.80. The summed E-state index contributed by atoms with van der Waals surface area (Å²) >= 11 is 2.79. The molecule has 0 bridgehead atoms. The summed E-state index contributed by atoms with van der Waals surface area (Å²) in [6, 6.07) is 2.99. The van der Waals surface area contributed by atoms with E-state index in [1.165, 1.54) is 35.2 Å². The van der Waals surface area contributed by atoms with E-state index in [1.54, 1.807) is 12.6 Å². The molecule has 2 aliphatic rings. The Morgan fingerprint density at radius 3 is 2.97 bits per heavy atom. The van der Waals surface area contributed by atoms with E-state index in [1.807, 2.05) is 0 Å². The van der Waals surface area contributed by atoms with Gasteiger partial charge in [0.15, 0.2) is 9.50 Å². The molecule has 8 nitrogen and oxygen atoms in total. The number of benzene rings is 1. The molecule has 11 heteroatoms. The molecular weight excluding hydrogens is 425 g/mol. The summed E-state index contributed by atoms with van der Waals surface area (Å²) in [7, 11) is 1.77. The molecule has 3 N–H and O–H groups in total. The van der Waals surface area contributed by atoms with Gasteiger partial charge >= 0.3 is 0 Å². The van der Waals surface area contributed by atoms with Gasteiger partial charge in [-0.1, -0.05) is 11.3 Å². The average Bonchev–Trinajstić information content (AvgIpc) is 3.44. The maximum Gasteiger partial charge on any atom is 0.198 e. The average molecular weight is 444 g/mol. The van der Waals surface area contributed by atoms with Gasteiger partial charge in [-0.05, 0) is 36.2 Å². The summed E-state index contributed by atoms with van der Waals surface area (Å²) in [6.07, 6.45) is 0.581. The number of H-pyrrole nitrogens is 1. The maximum absolute atomic E-state index is 14.4. The maximum atomic E-state index is 14.4. The fourth-order valence-corrected chi connectivity index (χ4v) is 5.96. The third kappa shape index (κ3) is 2.76. The first-order chi connectivity index (χ1) is 14.6. The van der Waals surface area contributed by atoms with Crippen LogP contribution in [-0.2, 0) is 0 Å². The highest BCUT2D eigenvalue weighted by Crippen LogP contribution is 2.45. The van der Waals surface area contributed by atoms with E-state index in [4.69, 9.17) is 9.97 Å². The van der Waals surface area contributed by atoms with Gasteiger partial charge in [0.25, 0.3) is 0 Å². The van der Waals surface area contributed by atoms with Crippen LogP contribution in [0.5, 0.6) is 0 Å². The van der Waals surface area contributed by atoms with Gasteiger partial charge in [-0.2, -0.15) is 0 Å². The first-order valence-electron chi connectivity index (χ1n) is 9.68. The lowest BCUT2D eigenvalue weighted by Gasteiger charge is -2.34. The van der Waals surface area contributed by atoms with Crippen LogP contribution in [0.1, 0.15) is 6.42 Å². The van der Waals surface area contributed by atoms with E-state index < -0.39 is 0 Å². The Morgan fingerprint density at radius 2 is 2.23 bits per heavy atom. The highest BCUT2D eigenvalue weighted by molar-refractivity contribution is 8.00. The number of fused-ring (bicyclic) bond motifs is 4. The number of halogens is 1. The van der Waals surface area contributed by atoms with Gasteiger partial charge in [0, 0.05) is 31.4 Å². The van der Waals surface area contributed by atoms with Crippen molar-refractivity contribution in [2.45, 2.75) is 22.0 Å². The van der Waals surface area contributed by atoms with Gasteiger partial charge in [0.1, 0.15) is 22.8 Å². The summed E-state index contributed by atoms with van der Waals surface area (Å²) in [5.74, 6) is 1.19. The minimum absolute atomic E-state index is 0.246. The lowest BCUT2D eigenvalue weighted by atomic mass is 9.74. The minimum Gasteiger partial charge on any atom is -0.393 e. The van der Waals surface area contributed by atoms with Crippen LogP contribution in [0, 0.1) is 17.7 Å². The van der Waals surface area contributed by atoms with Crippen LogP contribution in [0.25, 0.3) is 21.9 Å². The van der Waals surface area contributed by atoms with Crippen molar-refractivity contribution in [3.8, 4) is 0 Å². The van der Waals surface area contributed by atoms with E-state index in [2.05, 4.69) is 25.4 Å². The normalized spacial score (nSPS) is 23.2. The van der Waals surface area contributed by atoms with Crippen molar-refractivity contribution in [1.82, 2.24) is 25.1 Å². The third-order valence-electron chi connectivity index (χ3n) is 6.10. The summed E-state index contributed by atoms with van der Waals surface area (Å²) in [5, 5.41) is 23.2. The molecule has 0 radical (unpaired) electrons. The van der Waals surface area contributed by atoms with Crippen molar-refractivity contribution in [3.05, 3.63) is 23.5 Å². The highest BCUT2D eigenvalue weighted by atomic mass is 32.2. The number of hydrogen-bond acceptors (Lipinski definition) is 9. The first-order valence-corrected chi connectivity index (χ1v) is 11.4. The van der Waals surface area contributed by atoms with E-state index in [9.17, 15) is 9.50 Å². The van der Waals surface area contributed by atoms with Crippen molar-refractivity contribution in [2.75, 3.05) is 30.4 Å². The Morgan fingerprint density at radius 1 is 1.33 bits per heavy atom. The van der Waals surface area contributed by atoms with Crippen LogP contribution in [0.2, 0.25) is 0 Å². The van der Waals surface area contributed by atoms with E-state index >= 15 is 0 Å². The molecule has 0 amide bonds. The molecule has 2 unspecified atom stereocenters. The van der Waals surface area contributed by atoms with Crippen LogP contribution in [0.3, 0.4) is 0 Å². The van der Waals surface area contributed by atoms with Crippen molar-refractivity contribution >= 4 is 56.5 Å². The predicted octanol–water partition coefficient (Wildman–Crippen LogP) is 3.11. The molecule has 1 saturated heterocycles. The Hall–Kier alpha value is -2.50. The molecule has 1 aromatic carbocycles. The molecule has 1 aliphatic carbocycles. The van der Waals surface area contributed by atoms with Crippen LogP contribution in [0.4, 0.5) is 15.9 Å². The monoisotopic (exact) mass is 443 g/mol. The van der Waals surface area contributed by atoms with Crippen molar-refractivity contribution < 1.29 is 9.50 Å². The Labute approximate surface area is 178 Å². The van der Waals surface area contributed by atoms with E-state index in [-0.39, 0.29) is 17.8 Å². The summed E-state index contributed by atoms with van der Waals surface area (Å²) in [6.45, 7) is 1.57. The third-order valence-corrected chi connectivity index (χ3v) is 7.75. The molecule has 3 atom stereocenters. The van der Waals surface area contributed by atoms with Crippen molar-refractivity contribution in [1.29, 1.82) is 0 Å². The van der Waals surface area contributed by atoms with Crippen LogP contribution >= 0.6 is 23.1 Å². The number of nitrogens with zero attached hydrogens (tertiary/aromatic N) is 5. The SMILES string of the molecule is CNc1cc(F)cc2c1[nH]c1nc(Sc3nncs3)nc(N3CC4C[C@@H](O)C4C3)c12. The first kappa shape index (κ1) is 18.3. The summed E-state index contributed by atoms with van der Waals surface area (Å²) < 4.78 is 15.1. The fraction of sp³-hybridized carbons (Fsp3) is 0.368. The molecule has 4 heterocycles. The minimum atomic E-state index is -0.317. The van der Waals surface area contributed by atoms with E-state index in [0.29, 0.717) is 22.4 Å². The number of rotatable bonds is 4. The van der Waals surface area contributed by atoms with Gasteiger partial charge in [-0.25, -0.2) is 14.4 Å². The number of aromatic nitrogens is 5. The highest BCUT2D eigenvalue weighted by Gasteiger charge is 2.47. The van der Waals surface area contributed by atoms with E-state index in [0.717, 1.165) is 46.0 Å². The molecule has 1 saturated carbocycles. The molecule has 0 spiro atoms. The smallest absolute Gasteiger partial charge is 0.198 e. The molecule has 3 aromatic heterocycles. The lowest BCUT2D eigenvalue weighted by molar-refractivity contribution is -0.00398. The summed E-state index contributed by atoms with van der Waals surface area (Å²) in [4.78, 5) is 15.1. The second-order valence-corrected chi connectivity index (χ2v) is 9.79. The zero-order valence-electron chi connectivity index (χ0n) is 16.0. The predicted molar refractivity (Wildman–Crippen MR) is 115 cm³/mol. The van der Waals surface area contributed by atoms with Gasteiger partial charge in [0.2, 0.25) is 0 Å². The van der Waals surface area contributed by atoms with Crippen LogP contribution in [0.15, 0.2) is 27.1 Å². The fourth-order valence-electron chi connectivity index (χ4n) is 4.63. The number of anilines is 2. The second-order valence-electron chi connectivity index (χ2n) is 7.74. The van der Waals surface area contributed by atoms with Crippen molar-refractivity contribution in [3.63, 3.8) is 0 Å². The van der Waals surface area contributed by atoms with Gasteiger partial charge < -0.3 is 20.3 Å². The number of aliphatic hydroxyl groups is 1. The Kier molecular flexibility index (Phi) is 4.12. The molecular formula is C19H18FN7OS2. The standard InChI is InChI=1S/C19H18FN7OS2/c1-21-12-4-9(20)3-10-14-16(23-15(10)12)24-18(30-19-26-22-7-29-19)25-17(14)27-5-8-2-13(28)11(8)6-27/h3-4,7-8,11,13,21,28H,2,5-6H2,1H3,(H,23,24,25)/t8?,11?,13-/m1/s1.